The maximum absolute atomic E-state index is 8.95. The van der Waals surface area contributed by atoms with E-state index < -0.39 is 18.7 Å². The SMILES string of the molecule is O=S(=O)(O)Cl.O=S(=O)(O)Cl. The predicted molar refractivity (Wildman–Crippen MR) is 34.8 cm³/mol. The zero-order valence-electron chi connectivity index (χ0n) is 4.10. The van der Waals surface area contributed by atoms with Crippen LogP contribution in [0.4, 0.5) is 0 Å². The second-order valence-electron chi connectivity index (χ2n) is 0.824. The van der Waals surface area contributed by atoms with Gasteiger partial charge < -0.3 is 0 Å². The van der Waals surface area contributed by atoms with Gasteiger partial charge in [0.05, 0.1) is 0 Å². The molecule has 0 aromatic rings. The van der Waals surface area contributed by atoms with Gasteiger partial charge >= 0.3 is 18.7 Å². The van der Waals surface area contributed by atoms with E-state index in [1.54, 1.807) is 0 Å². The lowest BCUT2D eigenvalue weighted by Crippen LogP contribution is -1.77. The van der Waals surface area contributed by atoms with Crippen LogP contribution in [0.5, 0.6) is 0 Å². The number of hydrogen-bond acceptors (Lipinski definition) is 4. The number of halogens is 2. The Bertz CT molecular complexity index is 210. The van der Waals surface area contributed by atoms with Crippen molar-refractivity contribution in [3.05, 3.63) is 0 Å². The molecule has 0 aliphatic carbocycles. The molecule has 2 N–H and O–H groups in total. The normalized spacial score (nSPS) is 11.6. The third-order valence-corrected chi connectivity index (χ3v) is 0. The van der Waals surface area contributed by atoms with Gasteiger partial charge in [0.2, 0.25) is 0 Å². The number of hydrogen-bond donors (Lipinski definition) is 2. The van der Waals surface area contributed by atoms with Gasteiger partial charge in [-0.1, -0.05) is 0 Å². The highest BCUT2D eigenvalue weighted by atomic mass is 35.7. The smallest absolute Gasteiger partial charge is 0.273 e. The fourth-order valence-electron chi connectivity index (χ4n) is 0. The minimum atomic E-state index is -4.19. The van der Waals surface area contributed by atoms with Crippen LogP contribution >= 0.6 is 21.4 Å². The van der Waals surface area contributed by atoms with Crippen LogP contribution in [0.1, 0.15) is 0 Å². The van der Waals surface area contributed by atoms with Crippen molar-refractivity contribution in [2.75, 3.05) is 0 Å². The first-order valence-corrected chi connectivity index (χ1v) is 5.87. The van der Waals surface area contributed by atoms with Gasteiger partial charge in [0.1, 0.15) is 0 Å². The van der Waals surface area contributed by atoms with E-state index in [1.165, 1.54) is 0 Å². The van der Waals surface area contributed by atoms with E-state index >= 15 is 0 Å². The molecular formula is H2Cl2O6S2. The Hall–Kier alpha value is 0.400. The Morgan fingerprint density at radius 2 is 0.800 bits per heavy atom. The molecule has 0 unspecified atom stereocenters. The molecule has 0 fully saturated rings. The average Bonchev–Trinajstić information content (AvgIpc) is 1.12. The van der Waals surface area contributed by atoms with Crippen LogP contribution in [0.2, 0.25) is 0 Å². The molecule has 0 saturated heterocycles. The highest BCUT2D eigenvalue weighted by Crippen LogP contribution is 1.83. The molecule has 0 saturated carbocycles. The van der Waals surface area contributed by atoms with Crippen molar-refractivity contribution < 1.29 is 25.9 Å². The minimum Gasteiger partial charge on any atom is -0.273 e. The largest absolute Gasteiger partial charge is 0.353 e. The molecule has 0 amide bonds. The summed E-state index contributed by atoms with van der Waals surface area (Å²) >= 11 is 0. The second kappa shape index (κ2) is 4.31. The third kappa shape index (κ3) is 2870. The summed E-state index contributed by atoms with van der Waals surface area (Å²) in [5, 5.41) is 0. The van der Waals surface area contributed by atoms with E-state index in [2.05, 4.69) is 21.4 Å². The van der Waals surface area contributed by atoms with E-state index in [0.29, 0.717) is 0 Å². The highest BCUT2D eigenvalue weighted by Gasteiger charge is 1.87. The third-order valence-electron chi connectivity index (χ3n) is 0. The van der Waals surface area contributed by atoms with Gasteiger partial charge in [-0.3, -0.25) is 9.11 Å². The molecular weight excluding hydrogens is 231 g/mol. The molecule has 6 nitrogen and oxygen atoms in total. The first kappa shape index (κ1) is 13.0. The summed E-state index contributed by atoms with van der Waals surface area (Å²) in [6.07, 6.45) is 0. The van der Waals surface area contributed by atoms with Crippen molar-refractivity contribution in [2.45, 2.75) is 0 Å². The molecule has 0 heterocycles. The van der Waals surface area contributed by atoms with Crippen LogP contribution in [-0.2, 0) is 18.7 Å². The molecule has 0 rings (SSSR count). The summed E-state index contributed by atoms with van der Waals surface area (Å²) in [6.45, 7) is 0. The van der Waals surface area contributed by atoms with Gasteiger partial charge in [-0.15, -0.1) is 0 Å². The lowest BCUT2D eigenvalue weighted by molar-refractivity contribution is 0.499. The molecule has 0 radical (unpaired) electrons. The van der Waals surface area contributed by atoms with E-state index in [0.717, 1.165) is 0 Å². The fraction of sp³-hybridized carbons (Fsp3) is 0. The van der Waals surface area contributed by atoms with Gasteiger partial charge in [-0.05, 0) is 0 Å². The molecule has 0 spiro atoms. The summed E-state index contributed by atoms with van der Waals surface area (Å²) in [4.78, 5) is 0. The second-order valence-corrected chi connectivity index (χ2v) is 4.81. The zero-order valence-corrected chi connectivity index (χ0v) is 7.24. The van der Waals surface area contributed by atoms with Gasteiger partial charge in [0.25, 0.3) is 0 Å². The Labute approximate surface area is 66.3 Å². The molecule has 0 aromatic carbocycles. The molecule has 0 aliphatic heterocycles. The first-order valence-electron chi connectivity index (χ1n) is 1.34. The summed E-state index contributed by atoms with van der Waals surface area (Å²) in [5.41, 5.74) is 0. The quantitative estimate of drug-likeness (QED) is 0.452. The lowest BCUT2D eigenvalue weighted by atomic mass is 15.9. The molecule has 0 bridgehead atoms. The summed E-state index contributed by atoms with van der Waals surface area (Å²) in [5.74, 6) is 0. The van der Waals surface area contributed by atoms with Crippen LogP contribution in [-0.4, -0.2) is 25.9 Å². The van der Waals surface area contributed by atoms with Crippen molar-refractivity contribution in [1.29, 1.82) is 0 Å². The van der Waals surface area contributed by atoms with Gasteiger partial charge in [0.15, 0.2) is 0 Å². The highest BCUT2D eigenvalue weighted by molar-refractivity contribution is 8.09. The van der Waals surface area contributed by atoms with Gasteiger partial charge in [-0.2, -0.15) is 16.8 Å². The molecule has 0 aliphatic rings. The minimum absolute atomic E-state index is 4.06. The Morgan fingerprint density at radius 1 is 0.800 bits per heavy atom. The topological polar surface area (TPSA) is 109 Å². The van der Waals surface area contributed by atoms with Crippen molar-refractivity contribution in [3.8, 4) is 0 Å². The predicted octanol–water partition coefficient (Wildman–Crippen LogP) is 0.0560. The van der Waals surface area contributed by atoms with E-state index in [1.807, 2.05) is 0 Å². The van der Waals surface area contributed by atoms with Crippen molar-refractivity contribution >= 4 is 40.0 Å². The lowest BCUT2D eigenvalue weighted by Gasteiger charge is -1.65. The fourth-order valence-corrected chi connectivity index (χ4v) is 0. The summed E-state index contributed by atoms with van der Waals surface area (Å²) < 4.78 is 50.3. The monoisotopic (exact) mass is 232 g/mol. The van der Waals surface area contributed by atoms with Gasteiger partial charge in [-0.25, -0.2) is 0 Å². The Morgan fingerprint density at radius 3 is 0.800 bits per heavy atom. The molecule has 0 atom stereocenters. The maximum Gasteiger partial charge on any atom is 0.353 e. The summed E-state index contributed by atoms with van der Waals surface area (Å²) in [7, 11) is -0.273. The molecule has 10 heavy (non-hydrogen) atoms. The van der Waals surface area contributed by atoms with Crippen LogP contribution in [0.25, 0.3) is 0 Å². The Balaban J connectivity index is 0. The first-order chi connectivity index (χ1) is 4.00. The van der Waals surface area contributed by atoms with E-state index in [4.69, 9.17) is 25.9 Å². The Kier molecular flexibility index (Phi) is 5.62. The van der Waals surface area contributed by atoms with Crippen molar-refractivity contribution in [1.82, 2.24) is 0 Å². The molecule has 0 aromatic heterocycles. The van der Waals surface area contributed by atoms with Crippen LogP contribution < -0.4 is 0 Å². The zero-order chi connectivity index (χ0) is 9.00. The molecule has 10 heteroatoms. The van der Waals surface area contributed by atoms with Gasteiger partial charge in [0, 0.05) is 21.4 Å². The average molecular weight is 233 g/mol. The van der Waals surface area contributed by atoms with E-state index in [-0.39, 0.29) is 0 Å². The van der Waals surface area contributed by atoms with Crippen molar-refractivity contribution in [3.63, 3.8) is 0 Å². The van der Waals surface area contributed by atoms with Crippen molar-refractivity contribution in [2.24, 2.45) is 0 Å². The standard InChI is InChI=1S/2ClHO3S/c2*1-5(2,3)4/h2*(H,2,3,4). The summed E-state index contributed by atoms with van der Waals surface area (Å²) in [6, 6.07) is 0. The van der Waals surface area contributed by atoms with Crippen LogP contribution in [0.15, 0.2) is 0 Å². The van der Waals surface area contributed by atoms with E-state index in [9.17, 15) is 0 Å². The van der Waals surface area contributed by atoms with Crippen LogP contribution in [0, 0.1) is 0 Å². The van der Waals surface area contributed by atoms with Crippen LogP contribution in [0.3, 0.4) is 0 Å². The maximum atomic E-state index is 8.95. The molecule has 64 valence electrons. The number of rotatable bonds is 0.